The Morgan fingerprint density at radius 2 is 1.62 bits per heavy atom. The zero-order chi connectivity index (χ0) is 20.5. The van der Waals surface area contributed by atoms with Crippen molar-refractivity contribution in [3.05, 3.63) is 23.0 Å². The van der Waals surface area contributed by atoms with E-state index in [2.05, 4.69) is 0 Å². The Kier molecular flexibility index (Phi) is 6.47. The lowest BCUT2D eigenvalue weighted by atomic mass is 9.78. The van der Waals surface area contributed by atoms with Crippen LogP contribution in [-0.2, 0) is 9.53 Å². The second-order valence-corrected chi connectivity index (χ2v) is 7.15. The molecule has 0 aromatic heterocycles. The highest BCUT2D eigenvalue weighted by atomic mass is 19.4. The maximum absolute atomic E-state index is 13.7. The van der Waals surface area contributed by atoms with Gasteiger partial charge in [0, 0.05) is 12.5 Å². The van der Waals surface area contributed by atoms with E-state index in [0.717, 1.165) is 6.92 Å². The number of alkyl halides is 6. The molecule has 0 N–H and O–H groups in total. The summed E-state index contributed by atoms with van der Waals surface area (Å²) in [5.74, 6) is -2.60. The van der Waals surface area contributed by atoms with Crippen molar-refractivity contribution in [1.29, 1.82) is 0 Å². The maximum atomic E-state index is 13.7. The molecule has 0 saturated carbocycles. The van der Waals surface area contributed by atoms with Crippen LogP contribution in [-0.4, -0.2) is 36.4 Å². The van der Waals surface area contributed by atoms with Crippen molar-refractivity contribution in [2.45, 2.75) is 53.4 Å². The lowest BCUT2D eigenvalue weighted by molar-refractivity contribution is -0.147. The molecular formula is C17H23F6NO2. The maximum Gasteiger partial charge on any atom is 0.432 e. The van der Waals surface area contributed by atoms with Crippen molar-refractivity contribution in [3.8, 4) is 0 Å². The van der Waals surface area contributed by atoms with Gasteiger partial charge in [0.2, 0.25) is 0 Å². The van der Waals surface area contributed by atoms with Crippen molar-refractivity contribution in [1.82, 2.24) is 4.90 Å². The number of hydrogen-bond donors (Lipinski definition) is 0. The SMILES string of the molecule is CCOC(=O)C1=C(C(F)(F)F)N(CC)C(C(F)(F)F)=CC1CC(C)(C)C. The summed E-state index contributed by atoms with van der Waals surface area (Å²) in [4.78, 5) is 12.4. The van der Waals surface area contributed by atoms with Crippen LogP contribution < -0.4 is 0 Å². The Bertz CT molecular complexity index is 596. The number of ether oxygens (including phenoxy) is 1. The van der Waals surface area contributed by atoms with Crippen LogP contribution in [0.3, 0.4) is 0 Å². The molecule has 0 saturated heterocycles. The Labute approximate surface area is 148 Å². The van der Waals surface area contributed by atoms with Crippen LogP contribution in [0.4, 0.5) is 26.3 Å². The predicted molar refractivity (Wildman–Crippen MR) is 83.8 cm³/mol. The van der Waals surface area contributed by atoms with Crippen LogP contribution in [0.5, 0.6) is 0 Å². The number of nitrogens with zero attached hydrogens (tertiary/aromatic N) is 1. The first-order chi connectivity index (χ1) is 11.6. The molecule has 0 aliphatic carbocycles. The average molecular weight is 387 g/mol. The highest BCUT2D eigenvalue weighted by Crippen LogP contribution is 2.46. The smallest absolute Gasteiger partial charge is 0.432 e. The van der Waals surface area contributed by atoms with Gasteiger partial charge in [-0.1, -0.05) is 20.8 Å². The number of carbonyl (C=O) groups excluding carboxylic acids is 1. The summed E-state index contributed by atoms with van der Waals surface area (Å²) in [6.07, 6.45) is -9.49. The second-order valence-electron chi connectivity index (χ2n) is 7.15. The van der Waals surface area contributed by atoms with Crippen LogP contribution in [0.1, 0.15) is 41.0 Å². The van der Waals surface area contributed by atoms with Gasteiger partial charge in [-0.25, -0.2) is 4.79 Å². The molecule has 0 amide bonds. The molecular weight excluding hydrogens is 364 g/mol. The Hall–Kier alpha value is -1.67. The topological polar surface area (TPSA) is 29.5 Å². The number of carbonyl (C=O) groups is 1. The van der Waals surface area contributed by atoms with Gasteiger partial charge >= 0.3 is 18.3 Å². The Morgan fingerprint density at radius 1 is 1.08 bits per heavy atom. The van der Waals surface area contributed by atoms with Gasteiger partial charge in [0.25, 0.3) is 0 Å². The molecule has 3 nitrogen and oxygen atoms in total. The van der Waals surface area contributed by atoms with E-state index in [1.165, 1.54) is 6.92 Å². The summed E-state index contributed by atoms with van der Waals surface area (Å²) >= 11 is 0. The highest BCUT2D eigenvalue weighted by molar-refractivity contribution is 5.91. The van der Waals surface area contributed by atoms with Gasteiger partial charge in [-0.15, -0.1) is 0 Å². The molecule has 1 unspecified atom stereocenters. The van der Waals surface area contributed by atoms with E-state index >= 15 is 0 Å². The van der Waals surface area contributed by atoms with Gasteiger partial charge in [-0.2, -0.15) is 26.3 Å². The minimum absolute atomic E-state index is 0.0716. The minimum Gasteiger partial charge on any atom is -0.463 e. The summed E-state index contributed by atoms with van der Waals surface area (Å²) in [7, 11) is 0. The molecule has 0 fully saturated rings. The lowest BCUT2D eigenvalue weighted by Gasteiger charge is -2.39. The Balaban J connectivity index is 3.73. The highest BCUT2D eigenvalue weighted by Gasteiger charge is 2.52. The molecule has 1 atom stereocenters. The van der Waals surface area contributed by atoms with E-state index in [4.69, 9.17) is 4.74 Å². The average Bonchev–Trinajstić information content (AvgIpc) is 2.42. The van der Waals surface area contributed by atoms with Gasteiger partial charge in [0.05, 0.1) is 12.2 Å². The predicted octanol–water partition coefficient (Wildman–Crippen LogP) is 5.20. The largest absolute Gasteiger partial charge is 0.463 e. The number of halogens is 6. The fourth-order valence-corrected chi connectivity index (χ4v) is 2.96. The summed E-state index contributed by atoms with van der Waals surface area (Å²) in [5, 5.41) is 0. The van der Waals surface area contributed by atoms with Gasteiger partial charge in [0.1, 0.15) is 11.4 Å². The quantitative estimate of drug-likeness (QED) is 0.491. The molecule has 0 radical (unpaired) electrons. The van der Waals surface area contributed by atoms with Crippen molar-refractivity contribution < 1.29 is 35.9 Å². The lowest BCUT2D eigenvalue weighted by Crippen LogP contribution is -2.43. The zero-order valence-corrected chi connectivity index (χ0v) is 15.3. The molecule has 1 heterocycles. The number of esters is 1. The summed E-state index contributed by atoms with van der Waals surface area (Å²) < 4.78 is 86.0. The first-order valence-corrected chi connectivity index (χ1v) is 8.18. The van der Waals surface area contributed by atoms with Crippen molar-refractivity contribution in [3.63, 3.8) is 0 Å². The van der Waals surface area contributed by atoms with Gasteiger partial charge in [-0.3, -0.25) is 0 Å². The first-order valence-electron chi connectivity index (χ1n) is 8.18. The van der Waals surface area contributed by atoms with E-state index in [-0.39, 0.29) is 17.9 Å². The molecule has 1 aliphatic heterocycles. The van der Waals surface area contributed by atoms with E-state index in [1.54, 1.807) is 20.8 Å². The van der Waals surface area contributed by atoms with Gasteiger partial charge in [0.15, 0.2) is 0 Å². The molecule has 26 heavy (non-hydrogen) atoms. The van der Waals surface area contributed by atoms with E-state index in [1.807, 2.05) is 0 Å². The molecule has 0 aromatic rings. The van der Waals surface area contributed by atoms with Crippen molar-refractivity contribution in [2.75, 3.05) is 13.2 Å². The number of allylic oxidation sites excluding steroid dienone is 3. The third-order valence-corrected chi connectivity index (χ3v) is 3.75. The normalized spacial score (nSPS) is 19.6. The molecule has 0 aromatic carbocycles. The fraction of sp³-hybridized carbons (Fsp3) is 0.706. The molecule has 1 aliphatic rings. The van der Waals surface area contributed by atoms with Gasteiger partial charge in [-0.05, 0) is 31.8 Å². The third kappa shape index (κ3) is 5.17. The van der Waals surface area contributed by atoms with Crippen LogP contribution in [0, 0.1) is 11.3 Å². The van der Waals surface area contributed by atoms with Gasteiger partial charge < -0.3 is 9.64 Å². The minimum atomic E-state index is -5.14. The molecule has 150 valence electrons. The zero-order valence-electron chi connectivity index (χ0n) is 15.3. The standard InChI is InChI=1S/C17H23F6NO2/c1-6-24-11(16(18,19)20)8-10(9-15(3,4)5)12(14(25)26-7-2)13(24)17(21,22)23/h8,10H,6-7,9H2,1-5H3. The van der Waals surface area contributed by atoms with Crippen LogP contribution >= 0.6 is 0 Å². The molecule has 1 rings (SSSR count). The summed E-state index contributed by atoms with van der Waals surface area (Å²) in [5.41, 5.74) is -4.39. The van der Waals surface area contributed by atoms with Crippen molar-refractivity contribution >= 4 is 5.97 Å². The summed E-state index contributed by atoms with van der Waals surface area (Å²) in [6, 6.07) is 0. The monoisotopic (exact) mass is 387 g/mol. The number of rotatable bonds is 4. The summed E-state index contributed by atoms with van der Waals surface area (Å²) in [6.45, 7) is 6.84. The van der Waals surface area contributed by atoms with Crippen molar-refractivity contribution in [2.24, 2.45) is 11.3 Å². The van der Waals surface area contributed by atoms with Crippen LogP contribution in [0.15, 0.2) is 23.0 Å². The second kappa shape index (κ2) is 7.52. The van der Waals surface area contributed by atoms with E-state index < -0.39 is 53.2 Å². The van der Waals surface area contributed by atoms with E-state index in [9.17, 15) is 31.1 Å². The van der Waals surface area contributed by atoms with Crippen LogP contribution in [0.25, 0.3) is 0 Å². The number of hydrogen-bond acceptors (Lipinski definition) is 3. The fourth-order valence-electron chi connectivity index (χ4n) is 2.96. The van der Waals surface area contributed by atoms with E-state index in [0.29, 0.717) is 6.08 Å². The molecule has 9 heteroatoms. The Morgan fingerprint density at radius 3 is 1.96 bits per heavy atom. The molecule has 0 bridgehead atoms. The first kappa shape index (κ1) is 22.4. The van der Waals surface area contributed by atoms with Crippen LogP contribution in [0.2, 0.25) is 0 Å². The molecule has 0 spiro atoms. The third-order valence-electron chi connectivity index (χ3n) is 3.75.